The van der Waals surface area contributed by atoms with Gasteiger partial charge in [-0.25, -0.2) is 8.42 Å². The van der Waals surface area contributed by atoms with E-state index in [2.05, 4.69) is 27.9 Å². The fourth-order valence-corrected chi connectivity index (χ4v) is 7.42. The summed E-state index contributed by atoms with van der Waals surface area (Å²) in [6.45, 7) is 10.5. The second-order valence-corrected chi connectivity index (χ2v) is 13.6. The van der Waals surface area contributed by atoms with Gasteiger partial charge in [0.15, 0.2) is 0 Å². The Morgan fingerprint density at radius 1 is 1.05 bits per heavy atom. The van der Waals surface area contributed by atoms with E-state index in [0.29, 0.717) is 49.4 Å². The van der Waals surface area contributed by atoms with E-state index in [1.54, 1.807) is 39.3 Å². The zero-order valence-corrected chi connectivity index (χ0v) is 27.1. The molecule has 0 bridgehead atoms. The van der Waals surface area contributed by atoms with Gasteiger partial charge >= 0.3 is 0 Å². The molecule has 12 heteroatoms. The first kappa shape index (κ1) is 33.3. The number of likely N-dealkylation sites (tertiary alicyclic amines) is 1. The number of sulfonamides is 1. The number of methoxy groups -OCH3 is 1. The number of benzene rings is 1. The summed E-state index contributed by atoms with van der Waals surface area (Å²) in [7, 11) is 1.51. The Bertz CT molecular complexity index is 1290. The van der Waals surface area contributed by atoms with E-state index in [1.165, 1.54) is 11.4 Å². The van der Waals surface area contributed by atoms with Crippen LogP contribution in [0.5, 0.6) is 5.75 Å². The number of nitrogens with zero attached hydrogens (tertiary/aromatic N) is 5. The third-order valence-electron chi connectivity index (χ3n) is 8.61. The average Bonchev–Trinajstić information content (AvgIpc) is 3.00. The molecule has 11 nitrogen and oxygen atoms in total. The molecule has 2 saturated heterocycles. The highest BCUT2D eigenvalue weighted by atomic mass is 32.2. The lowest BCUT2D eigenvalue weighted by atomic mass is 9.85. The minimum absolute atomic E-state index is 0.0986. The summed E-state index contributed by atoms with van der Waals surface area (Å²) in [6, 6.07) is 7.41. The van der Waals surface area contributed by atoms with Crippen LogP contribution in [0.4, 0.5) is 0 Å². The summed E-state index contributed by atoms with van der Waals surface area (Å²) >= 11 is 0. The number of piperidine rings is 1. The smallest absolute Gasteiger partial charge is 0.248 e. The number of rotatable bonds is 13. The summed E-state index contributed by atoms with van der Waals surface area (Å²) in [6.07, 6.45) is 4.98. The van der Waals surface area contributed by atoms with Gasteiger partial charge < -0.3 is 24.0 Å². The molecule has 1 aromatic heterocycles. The highest BCUT2D eigenvalue weighted by Gasteiger charge is 2.39. The second kappa shape index (κ2) is 14.9. The van der Waals surface area contributed by atoms with Crippen LogP contribution in [0.2, 0.25) is 0 Å². The average molecular weight is 618 g/mol. The first-order chi connectivity index (χ1) is 20.6. The Morgan fingerprint density at radius 2 is 1.72 bits per heavy atom. The number of hydrogen-bond donors (Lipinski definition) is 0. The molecule has 0 radical (unpaired) electrons. The minimum atomic E-state index is -3.73. The maximum Gasteiger partial charge on any atom is 0.248 e. The molecule has 0 saturated carbocycles. The zero-order chi connectivity index (χ0) is 31.0. The van der Waals surface area contributed by atoms with Gasteiger partial charge in [-0.05, 0) is 63.1 Å². The lowest BCUT2D eigenvalue weighted by Crippen LogP contribution is -2.49. The van der Waals surface area contributed by atoms with Crippen molar-refractivity contribution in [3.8, 4) is 5.75 Å². The van der Waals surface area contributed by atoms with E-state index in [9.17, 15) is 13.2 Å². The molecular weight excluding hydrogens is 570 g/mol. The number of carbonyl (C=O) groups excluding carboxylic acids is 1. The Labute approximate surface area is 256 Å². The zero-order valence-electron chi connectivity index (χ0n) is 26.3. The number of carbonyl (C=O) groups is 1. The molecule has 3 heterocycles. The summed E-state index contributed by atoms with van der Waals surface area (Å²) in [4.78, 5) is 24.2. The predicted molar refractivity (Wildman–Crippen MR) is 165 cm³/mol. The van der Waals surface area contributed by atoms with Gasteiger partial charge in [-0.1, -0.05) is 6.07 Å². The molecular formula is C31H47N5O6S. The molecule has 1 amide bonds. The van der Waals surface area contributed by atoms with E-state index in [0.717, 1.165) is 38.3 Å². The normalized spacial score (nSPS) is 18.2. The number of hydrogen-bond acceptors (Lipinski definition) is 9. The van der Waals surface area contributed by atoms with Gasteiger partial charge in [0.2, 0.25) is 15.9 Å². The lowest BCUT2D eigenvalue weighted by Gasteiger charge is -2.42. The van der Waals surface area contributed by atoms with Gasteiger partial charge in [0.05, 0.1) is 30.8 Å². The fraction of sp³-hybridized carbons (Fsp3) is 0.613. The summed E-state index contributed by atoms with van der Waals surface area (Å²) in [5.74, 6) is 0.510. The third kappa shape index (κ3) is 8.31. The van der Waals surface area contributed by atoms with Crippen molar-refractivity contribution in [3.63, 3.8) is 0 Å². The number of aryl methyl sites for hydroxylation is 2. The Kier molecular flexibility index (Phi) is 11.5. The van der Waals surface area contributed by atoms with Crippen molar-refractivity contribution >= 4 is 15.9 Å². The topological polar surface area (TPSA) is 105 Å². The lowest BCUT2D eigenvalue weighted by molar-refractivity contribution is -0.144. The highest BCUT2D eigenvalue weighted by molar-refractivity contribution is 7.89. The van der Waals surface area contributed by atoms with Gasteiger partial charge in [0.25, 0.3) is 0 Å². The van der Waals surface area contributed by atoms with Gasteiger partial charge in [0.1, 0.15) is 12.4 Å². The monoisotopic (exact) mass is 617 g/mol. The summed E-state index contributed by atoms with van der Waals surface area (Å²) in [5, 5.41) is 0. The molecule has 2 aromatic rings. The van der Waals surface area contributed by atoms with Crippen LogP contribution in [0.15, 0.2) is 41.6 Å². The van der Waals surface area contributed by atoms with Crippen LogP contribution >= 0.6 is 0 Å². The van der Waals surface area contributed by atoms with E-state index >= 15 is 0 Å². The van der Waals surface area contributed by atoms with Crippen molar-refractivity contribution in [2.24, 2.45) is 0 Å². The molecule has 0 unspecified atom stereocenters. The number of piperazine rings is 1. The molecule has 1 aromatic carbocycles. The quantitative estimate of drug-likeness (QED) is 0.313. The summed E-state index contributed by atoms with van der Waals surface area (Å²) < 4.78 is 45.3. The SMILES string of the molecule is COc1cc(C)c(S(=O)(=O)N(C)CCOCC(=O)N2CCC(OCCN3CCN(C)CC3)(c3cccnc3)CC2)c(C)c1. The van der Waals surface area contributed by atoms with Crippen LogP contribution in [0.25, 0.3) is 0 Å². The van der Waals surface area contributed by atoms with E-state index in [-0.39, 0.29) is 30.6 Å². The first-order valence-corrected chi connectivity index (χ1v) is 16.4. The maximum atomic E-state index is 13.2. The van der Waals surface area contributed by atoms with Gasteiger partial charge in [-0.2, -0.15) is 4.31 Å². The number of ether oxygens (including phenoxy) is 3. The maximum absolute atomic E-state index is 13.2. The van der Waals surface area contributed by atoms with Crippen LogP contribution in [0, 0.1) is 13.8 Å². The molecule has 0 N–H and O–H groups in total. The number of amides is 1. The molecule has 0 aliphatic carbocycles. The molecule has 43 heavy (non-hydrogen) atoms. The minimum Gasteiger partial charge on any atom is -0.497 e. The largest absolute Gasteiger partial charge is 0.497 e. The first-order valence-electron chi connectivity index (χ1n) is 15.0. The fourth-order valence-electron chi connectivity index (χ4n) is 5.86. The Morgan fingerprint density at radius 3 is 2.33 bits per heavy atom. The van der Waals surface area contributed by atoms with E-state index < -0.39 is 15.6 Å². The van der Waals surface area contributed by atoms with Crippen molar-refractivity contribution < 1.29 is 27.4 Å². The number of pyridine rings is 1. The Balaban J connectivity index is 1.26. The molecule has 0 atom stereocenters. The van der Waals surface area contributed by atoms with E-state index in [1.807, 2.05) is 17.2 Å². The van der Waals surface area contributed by atoms with Crippen molar-refractivity contribution in [2.75, 3.05) is 93.4 Å². The molecule has 4 rings (SSSR count). The number of aromatic nitrogens is 1. The van der Waals surface area contributed by atoms with Crippen LogP contribution < -0.4 is 4.74 Å². The molecule has 2 aliphatic rings. The predicted octanol–water partition coefficient (Wildman–Crippen LogP) is 2.13. The van der Waals surface area contributed by atoms with Gasteiger partial charge in [0, 0.05) is 77.4 Å². The molecule has 2 fully saturated rings. The second-order valence-electron chi connectivity index (χ2n) is 11.6. The van der Waals surface area contributed by atoms with Crippen LogP contribution in [-0.4, -0.2) is 132 Å². The third-order valence-corrected chi connectivity index (χ3v) is 10.8. The van der Waals surface area contributed by atoms with Crippen molar-refractivity contribution in [2.45, 2.75) is 37.2 Å². The van der Waals surface area contributed by atoms with Crippen LogP contribution in [0.3, 0.4) is 0 Å². The number of likely N-dealkylation sites (N-methyl/N-ethyl adjacent to an activating group) is 2. The molecule has 238 valence electrons. The molecule has 2 aliphatic heterocycles. The molecule has 0 spiro atoms. The van der Waals surface area contributed by atoms with Gasteiger partial charge in [-0.3, -0.25) is 14.7 Å². The summed E-state index contributed by atoms with van der Waals surface area (Å²) in [5.41, 5.74) is 1.81. The van der Waals surface area contributed by atoms with Crippen molar-refractivity contribution in [3.05, 3.63) is 53.3 Å². The van der Waals surface area contributed by atoms with Crippen LogP contribution in [-0.2, 0) is 29.9 Å². The van der Waals surface area contributed by atoms with E-state index in [4.69, 9.17) is 14.2 Å². The standard InChI is InChI=1S/C31H47N5O6S/c1-25-21-28(40-5)22-26(2)30(25)43(38,39)34(4)17-19-41-24-29(37)36-11-8-31(9-12-36,27-7-6-10-32-23-27)42-20-18-35-15-13-33(3)14-16-35/h6-7,10,21-23H,8-9,11-20,24H2,1-5H3. The van der Waals surface area contributed by atoms with Crippen LogP contribution in [0.1, 0.15) is 29.5 Å². The highest BCUT2D eigenvalue weighted by Crippen LogP contribution is 2.36. The Hall–Kier alpha value is -2.61. The van der Waals surface area contributed by atoms with Crippen molar-refractivity contribution in [1.82, 2.24) is 24.0 Å². The van der Waals surface area contributed by atoms with Crippen molar-refractivity contribution in [1.29, 1.82) is 0 Å². The van der Waals surface area contributed by atoms with Gasteiger partial charge in [-0.15, -0.1) is 0 Å².